The van der Waals surface area contributed by atoms with E-state index in [4.69, 9.17) is 0 Å². The van der Waals surface area contributed by atoms with Gasteiger partial charge >= 0.3 is 0 Å². The number of aromatic hydroxyl groups is 1. The predicted molar refractivity (Wildman–Crippen MR) is 77.4 cm³/mol. The van der Waals surface area contributed by atoms with Gasteiger partial charge in [-0.2, -0.15) is 5.10 Å². The Bertz CT molecular complexity index is 663. The first-order chi connectivity index (χ1) is 9.06. The third kappa shape index (κ3) is 3.61. The summed E-state index contributed by atoms with van der Waals surface area (Å²) in [6.07, 6.45) is 2.56. The second-order valence-electron chi connectivity index (χ2n) is 3.39. The van der Waals surface area contributed by atoms with E-state index in [-0.39, 0.29) is 17.3 Å². The summed E-state index contributed by atoms with van der Waals surface area (Å²) >= 11 is 6.42. The molecule has 0 aliphatic rings. The topological polar surface area (TPSA) is 103 Å². The summed E-state index contributed by atoms with van der Waals surface area (Å²) in [6, 6.07) is 3.37. The van der Waals surface area contributed by atoms with E-state index < -0.39 is 0 Å². The number of rotatable bonds is 3. The number of nitrogens with zero attached hydrogens (tertiary/aromatic N) is 3. The highest BCUT2D eigenvalue weighted by Crippen LogP contribution is 2.32. The van der Waals surface area contributed by atoms with Crippen LogP contribution in [-0.4, -0.2) is 26.5 Å². The van der Waals surface area contributed by atoms with Crippen molar-refractivity contribution in [2.24, 2.45) is 5.10 Å². The summed E-state index contributed by atoms with van der Waals surface area (Å²) in [5, 5.41) is 20.5. The predicted octanol–water partition coefficient (Wildman–Crippen LogP) is 1.84. The van der Waals surface area contributed by atoms with Crippen molar-refractivity contribution in [1.29, 1.82) is 0 Å². The van der Waals surface area contributed by atoms with Crippen molar-refractivity contribution in [2.75, 3.05) is 5.43 Å². The minimum absolute atomic E-state index is 0.114. The summed E-state index contributed by atoms with van der Waals surface area (Å²) in [5.74, 6) is 0.254. The molecule has 3 N–H and O–H groups in total. The SMILES string of the molecule is O=c1cnnc(N/N=C/c2cc(Br)c(O)c(Br)c2)[nH]1. The van der Waals surface area contributed by atoms with E-state index in [9.17, 15) is 9.90 Å². The molecule has 98 valence electrons. The maximum atomic E-state index is 11.0. The molecular weight excluding hydrogens is 382 g/mol. The van der Waals surface area contributed by atoms with E-state index in [1.165, 1.54) is 6.21 Å². The number of hydrogen-bond acceptors (Lipinski definition) is 6. The van der Waals surface area contributed by atoms with Gasteiger partial charge in [-0.15, -0.1) is 10.2 Å². The Morgan fingerprint density at radius 1 is 1.37 bits per heavy atom. The first-order valence-corrected chi connectivity index (χ1v) is 6.54. The summed E-state index contributed by atoms with van der Waals surface area (Å²) in [5.41, 5.74) is 2.89. The van der Waals surface area contributed by atoms with Crippen LogP contribution < -0.4 is 11.0 Å². The lowest BCUT2D eigenvalue weighted by Gasteiger charge is -2.02. The second kappa shape index (κ2) is 5.93. The lowest BCUT2D eigenvalue weighted by molar-refractivity contribution is 0.468. The van der Waals surface area contributed by atoms with Gasteiger partial charge in [-0.25, -0.2) is 5.43 Å². The van der Waals surface area contributed by atoms with Crippen LogP contribution in [0.3, 0.4) is 0 Å². The monoisotopic (exact) mass is 387 g/mol. The van der Waals surface area contributed by atoms with E-state index >= 15 is 0 Å². The van der Waals surface area contributed by atoms with Crippen LogP contribution in [0.25, 0.3) is 0 Å². The fraction of sp³-hybridized carbons (Fsp3) is 0. The lowest BCUT2D eigenvalue weighted by Crippen LogP contribution is -2.10. The Morgan fingerprint density at radius 2 is 2.05 bits per heavy atom. The Labute approximate surface area is 124 Å². The maximum absolute atomic E-state index is 11.0. The molecule has 0 radical (unpaired) electrons. The molecule has 0 saturated carbocycles. The largest absolute Gasteiger partial charge is 0.506 e. The number of H-pyrrole nitrogens is 1. The quantitative estimate of drug-likeness (QED) is 0.549. The molecule has 0 amide bonds. The fourth-order valence-electron chi connectivity index (χ4n) is 1.19. The van der Waals surface area contributed by atoms with Gasteiger partial charge in [-0.1, -0.05) is 0 Å². The fourth-order valence-corrected chi connectivity index (χ4v) is 2.41. The number of aromatic nitrogens is 3. The van der Waals surface area contributed by atoms with Crippen LogP contribution in [0.1, 0.15) is 5.56 Å². The number of phenolic OH excluding ortho intramolecular Hbond substituents is 1. The van der Waals surface area contributed by atoms with Gasteiger partial charge in [0, 0.05) is 0 Å². The van der Waals surface area contributed by atoms with Crippen molar-refractivity contribution in [1.82, 2.24) is 15.2 Å². The smallest absolute Gasteiger partial charge is 0.271 e. The summed E-state index contributed by atoms with van der Waals surface area (Å²) in [7, 11) is 0. The molecule has 2 rings (SSSR count). The number of hydrazone groups is 1. The van der Waals surface area contributed by atoms with Crippen LogP contribution in [0.15, 0.2) is 37.2 Å². The van der Waals surface area contributed by atoms with Gasteiger partial charge < -0.3 is 5.11 Å². The molecule has 1 aromatic heterocycles. The molecule has 9 heteroatoms. The van der Waals surface area contributed by atoms with E-state index in [1.807, 2.05) is 0 Å². The van der Waals surface area contributed by atoms with Crippen molar-refractivity contribution in [3.05, 3.63) is 43.2 Å². The highest BCUT2D eigenvalue weighted by Gasteiger charge is 2.04. The average molecular weight is 389 g/mol. The highest BCUT2D eigenvalue weighted by atomic mass is 79.9. The summed E-state index contributed by atoms with van der Waals surface area (Å²) in [6.45, 7) is 0. The minimum Gasteiger partial charge on any atom is -0.506 e. The number of halogens is 2. The number of phenols is 1. The molecule has 0 aliphatic carbocycles. The van der Waals surface area contributed by atoms with Gasteiger partial charge in [0.2, 0.25) is 5.95 Å². The second-order valence-corrected chi connectivity index (χ2v) is 5.09. The molecule has 0 unspecified atom stereocenters. The van der Waals surface area contributed by atoms with Crippen LogP contribution in [0, 0.1) is 0 Å². The molecule has 0 fully saturated rings. The molecule has 1 aromatic carbocycles. The number of nitrogens with one attached hydrogen (secondary N) is 2. The van der Waals surface area contributed by atoms with Gasteiger partial charge in [0.25, 0.3) is 5.56 Å². The van der Waals surface area contributed by atoms with E-state index in [1.54, 1.807) is 12.1 Å². The molecule has 0 spiro atoms. The van der Waals surface area contributed by atoms with Crippen LogP contribution in [0.4, 0.5) is 5.95 Å². The van der Waals surface area contributed by atoms with Crippen LogP contribution in [0.2, 0.25) is 0 Å². The van der Waals surface area contributed by atoms with Gasteiger partial charge in [0.05, 0.1) is 15.2 Å². The van der Waals surface area contributed by atoms with Gasteiger partial charge in [0.15, 0.2) is 0 Å². The molecule has 7 nitrogen and oxygen atoms in total. The molecule has 0 bridgehead atoms. The van der Waals surface area contributed by atoms with E-state index in [0.717, 1.165) is 11.8 Å². The van der Waals surface area contributed by atoms with Crippen LogP contribution in [-0.2, 0) is 0 Å². The minimum atomic E-state index is -0.372. The zero-order valence-corrected chi connectivity index (χ0v) is 12.4. The number of hydrogen-bond donors (Lipinski definition) is 3. The normalized spacial score (nSPS) is 10.8. The third-order valence-electron chi connectivity index (χ3n) is 2.00. The third-order valence-corrected chi connectivity index (χ3v) is 3.21. The van der Waals surface area contributed by atoms with Crippen molar-refractivity contribution < 1.29 is 5.11 Å². The first-order valence-electron chi connectivity index (χ1n) is 4.95. The van der Waals surface area contributed by atoms with E-state index in [2.05, 4.69) is 57.6 Å². The molecular formula is C10H7Br2N5O2. The lowest BCUT2D eigenvalue weighted by atomic mass is 10.2. The standard InChI is InChI=1S/C10H7Br2N5O2/c11-6-1-5(2-7(12)9(6)19)3-13-16-10-15-8(18)4-14-17-10/h1-4,19H,(H2,15,16,17,18)/b13-3+. The molecule has 1 heterocycles. The maximum Gasteiger partial charge on any atom is 0.271 e. The molecule has 19 heavy (non-hydrogen) atoms. The Morgan fingerprint density at radius 3 is 2.68 bits per heavy atom. The zero-order valence-electron chi connectivity index (χ0n) is 9.26. The van der Waals surface area contributed by atoms with Crippen molar-refractivity contribution in [3.8, 4) is 5.75 Å². The molecule has 0 saturated heterocycles. The number of benzene rings is 1. The Hall–Kier alpha value is -1.74. The van der Waals surface area contributed by atoms with Gasteiger partial charge in [-0.3, -0.25) is 9.78 Å². The van der Waals surface area contributed by atoms with E-state index in [0.29, 0.717) is 8.95 Å². The molecule has 0 atom stereocenters. The van der Waals surface area contributed by atoms with Crippen molar-refractivity contribution in [2.45, 2.75) is 0 Å². The summed E-state index contributed by atoms with van der Waals surface area (Å²) < 4.78 is 1.08. The van der Waals surface area contributed by atoms with Crippen molar-refractivity contribution >= 4 is 44.0 Å². The average Bonchev–Trinajstić information content (AvgIpc) is 2.36. The Kier molecular flexibility index (Phi) is 4.27. The van der Waals surface area contributed by atoms with Gasteiger partial charge in [0.1, 0.15) is 11.9 Å². The van der Waals surface area contributed by atoms with Crippen LogP contribution >= 0.6 is 31.9 Å². The highest BCUT2D eigenvalue weighted by molar-refractivity contribution is 9.11. The van der Waals surface area contributed by atoms with Crippen molar-refractivity contribution in [3.63, 3.8) is 0 Å². The molecule has 0 aliphatic heterocycles. The first kappa shape index (κ1) is 13.7. The molecule has 2 aromatic rings. The van der Waals surface area contributed by atoms with Crippen LogP contribution in [0.5, 0.6) is 5.75 Å². The Balaban J connectivity index is 2.13. The zero-order chi connectivity index (χ0) is 13.8. The summed E-state index contributed by atoms with van der Waals surface area (Å²) in [4.78, 5) is 13.4. The number of anilines is 1. The number of aromatic amines is 1. The van der Waals surface area contributed by atoms with Gasteiger partial charge in [-0.05, 0) is 49.6 Å².